The van der Waals surface area contributed by atoms with Gasteiger partial charge in [0, 0.05) is 18.8 Å². The number of aromatic nitrogens is 3. The molecule has 0 unspecified atom stereocenters. The van der Waals surface area contributed by atoms with Crippen molar-refractivity contribution in [3.05, 3.63) is 53.5 Å². The summed E-state index contributed by atoms with van der Waals surface area (Å²) in [7, 11) is 0. The molecule has 0 aliphatic carbocycles. The van der Waals surface area contributed by atoms with Gasteiger partial charge < -0.3 is 14.6 Å². The molecule has 1 aromatic carbocycles. The van der Waals surface area contributed by atoms with Crippen molar-refractivity contribution in [2.75, 3.05) is 29.1 Å². The van der Waals surface area contributed by atoms with Gasteiger partial charge in [-0.25, -0.2) is 0 Å². The number of hydrogen-bond donors (Lipinski definition) is 1. The Balaban J connectivity index is 1.49. The fraction of sp³-hybridized carbons (Fsp3) is 0.435. The van der Waals surface area contributed by atoms with Crippen LogP contribution in [0.15, 0.2) is 46.2 Å². The maximum Gasteiger partial charge on any atom is 0.234 e. The Hall–Kier alpha value is -2.74. The molecule has 0 atom stereocenters. The van der Waals surface area contributed by atoms with Crippen LogP contribution in [0.1, 0.15) is 49.5 Å². The molecule has 0 spiro atoms. The third-order valence-corrected chi connectivity index (χ3v) is 6.47. The van der Waals surface area contributed by atoms with E-state index in [2.05, 4.69) is 44.9 Å². The Morgan fingerprint density at radius 1 is 1.19 bits per heavy atom. The number of aryl methyl sites for hydroxylation is 1. The lowest BCUT2D eigenvalue weighted by Gasteiger charge is -2.18. The molecule has 0 bridgehead atoms. The summed E-state index contributed by atoms with van der Waals surface area (Å²) in [5.41, 5.74) is 3.13. The molecular formula is C23H29N5O2S. The van der Waals surface area contributed by atoms with Gasteiger partial charge in [0.25, 0.3) is 0 Å². The lowest BCUT2D eigenvalue weighted by molar-refractivity contribution is -0.113. The van der Waals surface area contributed by atoms with Gasteiger partial charge in [0.15, 0.2) is 5.16 Å². The minimum absolute atomic E-state index is 0.0449. The summed E-state index contributed by atoms with van der Waals surface area (Å²) in [4.78, 5) is 15.0. The molecule has 3 aromatic rings. The average molecular weight is 440 g/mol. The summed E-state index contributed by atoms with van der Waals surface area (Å²) in [6.07, 6.45) is 3.99. The maximum absolute atomic E-state index is 12.8. The summed E-state index contributed by atoms with van der Waals surface area (Å²) < 4.78 is 7.60. The second kappa shape index (κ2) is 9.60. The minimum Gasteiger partial charge on any atom is -0.467 e. The first kappa shape index (κ1) is 21.5. The molecule has 1 aliphatic heterocycles. The molecule has 1 N–H and O–H groups in total. The largest absolute Gasteiger partial charge is 0.467 e. The standard InChI is InChI=1S/C23H29N5O2S/c1-16(2)19-10-6-8-17(3)21(19)24-20(29)15-31-23-26-25-22(27-11-4-5-12-27)28(23)14-18-9-7-13-30-18/h6-10,13,16H,4-5,11-12,14-15H2,1-3H3,(H,24,29). The van der Waals surface area contributed by atoms with Gasteiger partial charge in [0.05, 0.1) is 18.6 Å². The molecule has 1 fully saturated rings. The van der Waals surface area contributed by atoms with Gasteiger partial charge in [0.2, 0.25) is 11.9 Å². The summed E-state index contributed by atoms with van der Waals surface area (Å²) in [6.45, 7) is 8.80. The van der Waals surface area contributed by atoms with E-state index in [1.54, 1.807) is 6.26 Å². The average Bonchev–Trinajstić information content (AvgIpc) is 3.50. The van der Waals surface area contributed by atoms with E-state index in [4.69, 9.17) is 4.42 Å². The van der Waals surface area contributed by atoms with Crippen LogP contribution < -0.4 is 10.2 Å². The Bertz CT molecular complexity index is 1020. The van der Waals surface area contributed by atoms with Crippen LogP contribution in [0, 0.1) is 6.92 Å². The second-order valence-corrected chi connectivity index (χ2v) is 9.12. The van der Waals surface area contributed by atoms with E-state index < -0.39 is 0 Å². The Morgan fingerprint density at radius 2 is 2.00 bits per heavy atom. The number of nitrogens with one attached hydrogen (secondary N) is 1. The number of nitrogens with zero attached hydrogens (tertiary/aromatic N) is 4. The predicted molar refractivity (Wildman–Crippen MR) is 124 cm³/mol. The first-order valence-electron chi connectivity index (χ1n) is 10.8. The molecule has 2 aromatic heterocycles. The molecule has 1 aliphatic rings. The molecule has 1 amide bonds. The van der Waals surface area contributed by atoms with Gasteiger partial charge in [-0.1, -0.05) is 43.8 Å². The third kappa shape index (κ3) is 4.95. The molecule has 4 rings (SSSR count). The number of hydrogen-bond acceptors (Lipinski definition) is 6. The number of amides is 1. The normalized spacial score (nSPS) is 13.9. The summed E-state index contributed by atoms with van der Waals surface area (Å²) in [5, 5.41) is 12.7. The van der Waals surface area contributed by atoms with Crippen molar-refractivity contribution >= 4 is 29.3 Å². The smallest absolute Gasteiger partial charge is 0.234 e. The topological polar surface area (TPSA) is 76.2 Å². The fourth-order valence-corrected chi connectivity index (χ4v) is 4.62. The van der Waals surface area contributed by atoms with Crippen LogP contribution >= 0.6 is 11.8 Å². The molecular weight excluding hydrogens is 410 g/mol. The van der Waals surface area contributed by atoms with Crippen LogP contribution in [0.5, 0.6) is 0 Å². The van der Waals surface area contributed by atoms with Gasteiger partial charge in [-0.15, -0.1) is 10.2 Å². The highest BCUT2D eigenvalue weighted by atomic mass is 32.2. The number of anilines is 2. The zero-order chi connectivity index (χ0) is 21.8. The van der Waals surface area contributed by atoms with Crippen LogP contribution in [0.4, 0.5) is 11.6 Å². The molecule has 0 radical (unpaired) electrons. The van der Waals surface area contributed by atoms with Crippen molar-refractivity contribution < 1.29 is 9.21 Å². The molecule has 31 heavy (non-hydrogen) atoms. The molecule has 0 saturated carbocycles. The van der Waals surface area contributed by atoms with Gasteiger partial charge in [0.1, 0.15) is 5.76 Å². The van der Waals surface area contributed by atoms with Gasteiger partial charge in [-0.2, -0.15) is 0 Å². The highest BCUT2D eigenvalue weighted by Crippen LogP contribution is 2.29. The molecule has 7 nitrogen and oxygen atoms in total. The number of carbonyl (C=O) groups excluding carboxylic acids is 1. The quantitative estimate of drug-likeness (QED) is 0.514. The fourth-order valence-electron chi connectivity index (χ4n) is 3.88. The van der Waals surface area contributed by atoms with E-state index in [1.807, 2.05) is 31.2 Å². The van der Waals surface area contributed by atoms with Crippen molar-refractivity contribution in [1.29, 1.82) is 0 Å². The first-order valence-corrected chi connectivity index (χ1v) is 11.7. The number of thioether (sulfide) groups is 1. The Morgan fingerprint density at radius 3 is 2.71 bits per heavy atom. The van der Waals surface area contributed by atoms with Crippen LogP contribution in [-0.4, -0.2) is 39.5 Å². The third-order valence-electron chi connectivity index (χ3n) is 5.50. The van der Waals surface area contributed by atoms with Crippen LogP contribution in [-0.2, 0) is 11.3 Å². The van der Waals surface area contributed by atoms with Crippen molar-refractivity contribution in [3.8, 4) is 0 Å². The van der Waals surface area contributed by atoms with Gasteiger partial charge >= 0.3 is 0 Å². The van der Waals surface area contributed by atoms with Gasteiger partial charge in [-0.05, 0) is 48.9 Å². The number of benzene rings is 1. The summed E-state index contributed by atoms with van der Waals surface area (Å²) in [5.74, 6) is 2.24. The monoisotopic (exact) mass is 439 g/mol. The minimum atomic E-state index is -0.0449. The van der Waals surface area contributed by atoms with E-state index in [-0.39, 0.29) is 11.7 Å². The number of furan rings is 1. The lowest BCUT2D eigenvalue weighted by atomic mass is 9.98. The zero-order valence-corrected chi connectivity index (χ0v) is 19.1. The van der Waals surface area contributed by atoms with Crippen molar-refractivity contribution in [2.45, 2.75) is 51.2 Å². The number of rotatable bonds is 8. The Kier molecular flexibility index (Phi) is 6.65. The van der Waals surface area contributed by atoms with E-state index in [0.717, 1.165) is 59.6 Å². The van der Waals surface area contributed by atoms with E-state index in [9.17, 15) is 4.79 Å². The maximum atomic E-state index is 12.8. The SMILES string of the molecule is Cc1cccc(C(C)C)c1NC(=O)CSc1nnc(N2CCCC2)n1Cc1ccco1. The number of carbonyl (C=O) groups is 1. The van der Waals surface area contributed by atoms with Crippen LogP contribution in [0.2, 0.25) is 0 Å². The summed E-state index contributed by atoms with van der Waals surface area (Å²) in [6, 6.07) is 9.95. The Labute approximate surface area is 187 Å². The number of para-hydroxylation sites is 1. The van der Waals surface area contributed by atoms with Crippen LogP contribution in [0.25, 0.3) is 0 Å². The first-order chi connectivity index (χ1) is 15.0. The molecule has 164 valence electrons. The van der Waals surface area contributed by atoms with E-state index in [1.165, 1.54) is 11.8 Å². The van der Waals surface area contributed by atoms with Crippen molar-refractivity contribution in [2.24, 2.45) is 0 Å². The highest BCUT2D eigenvalue weighted by molar-refractivity contribution is 7.99. The van der Waals surface area contributed by atoms with E-state index >= 15 is 0 Å². The zero-order valence-electron chi connectivity index (χ0n) is 18.3. The molecule has 1 saturated heterocycles. The van der Waals surface area contributed by atoms with E-state index in [0.29, 0.717) is 12.5 Å². The lowest BCUT2D eigenvalue weighted by Crippen LogP contribution is -2.23. The van der Waals surface area contributed by atoms with Gasteiger partial charge in [-0.3, -0.25) is 9.36 Å². The predicted octanol–water partition coefficient (Wildman–Crippen LogP) is 4.68. The molecule has 8 heteroatoms. The van der Waals surface area contributed by atoms with Crippen LogP contribution in [0.3, 0.4) is 0 Å². The summed E-state index contributed by atoms with van der Waals surface area (Å²) >= 11 is 1.40. The highest BCUT2D eigenvalue weighted by Gasteiger charge is 2.23. The molecule has 3 heterocycles. The van der Waals surface area contributed by atoms with Crippen molar-refractivity contribution in [3.63, 3.8) is 0 Å². The second-order valence-electron chi connectivity index (χ2n) is 8.17. The van der Waals surface area contributed by atoms with Crippen molar-refractivity contribution in [1.82, 2.24) is 14.8 Å².